The normalized spacial score (nSPS) is 12.0. The highest BCUT2D eigenvalue weighted by Gasteiger charge is 2.06. The highest BCUT2D eigenvalue weighted by atomic mass is 127. The lowest BCUT2D eigenvalue weighted by atomic mass is 9.98. The van der Waals surface area contributed by atoms with Gasteiger partial charge < -0.3 is 15.4 Å². The average molecular weight is 534 g/mol. The summed E-state index contributed by atoms with van der Waals surface area (Å²) < 4.78 is 7.11. The van der Waals surface area contributed by atoms with Crippen LogP contribution in [0.2, 0.25) is 0 Å². The van der Waals surface area contributed by atoms with Crippen LogP contribution in [-0.2, 0) is 6.54 Å². The molecule has 0 bridgehead atoms. The van der Waals surface area contributed by atoms with Crippen molar-refractivity contribution in [1.82, 2.24) is 25.2 Å². The molecule has 0 fully saturated rings. The highest BCUT2D eigenvalue weighted by molar-refractivity contribution is 14.0. The fraction of sp³-hybridized carbons (Fsp3) is 0.348. The molecule has 3 rings (SSSR count). The second kappa shape index (κ2) is 12.9. The minimum Gasteiger partial charge on any atom is -0.497 e. The van der Waals surface area contributed by atoms with Crippen molar-refractivity contribution in [2.75, 3.05) is 20.2 Å². The van der Waals surface area contributed by atoms with E-state index in [0.29, 0.717) is 12.5 Å². The summed E-state index contributed by atoms with van der Waals surface area (Å²) in [7, 11) is 1.69. The molecule has 1 unspecified atom stereocenters. The molecule has 0 saturated carbocycles. The molecule has 3 aromatic rings. The highest BCUT2D eigenvalue weighted by Crippen LogP contribution is 2.21. The number of aliphatic imine (C=N–C) groups is 1. The van der Waals surface area contributed by atoms with E-state index < -0.39 is 0 Å². The van der Waals surface area contributed by atoms with Crippen LogP contribution in [0.25, 0.3) is 5.82 Å². The van der Waals surface area contributed by atoms with Gasteiger partial charge in [0.25, 0.3) is 0 Å². The van der Waals surface area contributed by atoms with Gasteiger partial charge in [0.05, 0.1) is 13.7 Å². The van der Waals surface area contributed by atoms with E-state index in [2.05, 4.69) is 51.6 Å². The largest absolute Gasteiger partial charge is 0.497 e. The van der Waals surface area contributed by atoms with Gasteiger partial charge in [-0.2, -0.15) is 0 Å². The average Bonchev–Trinajstić information content (AvgIpc) is 3.33. The SMILES string of the molecule is CCNC(=NCc1ccc(-n2ccnc2)nc1)NCCC(C)c1ccc(OC)cc1.I. The molecule has 31 heavy (non-hydrogen) atoms. The van der Waals surface area contributed by atoms with E-state index in [1.807, 2.05) is 41.2 Å². The third-order valence-corrected chi connectivity index (χ3v) is 4.90. The molecule has 0 saturated heterocycles. The van der Waals surface area contributed by atoms with E-state index in [0.717, 1.165) is 42.6 Å². The van der Waals surface area contributed by atoms with E-state index in [9.17, 15) is 0 Å². The number of imidazole rings is 1. The van der Waals surface area contributed by atoms with Crippen molar-refractivity contribution in [3.05, 3.63) is 72.4 Å². The van der Waals surface area contributed by atoms with Crippen molar-refractivity contribution in [3.63, 3.8) is 0 Å². The Hall–Kier alpha value is -2.62. The summed E-state index contributed by atoms with van der Waals surface area (Å²) in [5.74, 6) is 3.00. The van der Waals surface area contributed by atoms with E-state index in [4.69, 9.17) is 4.74 Å². The minimum absolute atomic E-state index is 0. The van der Waals surface area contributed by atoms with Crippen LogP contribution in [0.1, 0.15) is 37.3 Å². The Kier molecular flexibility index (Phi) is 10.3. The van der Waals surface area contributed by atoms with Gasteiger partial charge in [0.15, 0.2) is 5.96 Å². The zero-order valence-corrected chi connectivity index (χ0v) is 20.6. The van der Waals surface area contributed by atoms with Gasteiger partial charge in [0, 0.05) is 31.7 Å². The zero-order chi connectivity index (χ0) is 21.2. The summed E-state index contributed by atoms with van der Waals surface area (Å²) >= 11 is 0. The number of rotatable bonds is 9. The Bertz CT molecular complexity index is 910. The summed E-state index contributed by atoms with van der Waals surface area (Å²) in [5, 5.41) is 6.73. The molecule has 0 aliphatic rings. The first kappa shape index (κ1) is 24.6. The number of hydrogen-bond acceptors (Lipinski definition) is 4. The van der Waals surface area contributed by atoms with Crippen LogP contribution in [0, 0.1) is 0 Å². The maximum atomic E-state index is 5.23. The summed E-state index contributed by atoms with van der Waals surface area (Å²) in [6.45, 7) is 6.54. The van der Waals surface area contributed by atoms with Gasteiger partial charge in [-0.15, -0.1) is 24.0 Å². The van der Waals surface area contributed by atoms with Crippen LogP contribution in [0.5, 0.6) is 5.75 Å². The van der Waals surface area contributed by atoms with E-state index in [1.54, 1.807) is 19.6 Å². The third-order valence-electron chi connectivity index (χ3n) is 4.90. The molecule has 1 aromatic carbocycles. The van der Waals surface area contributed by atoms with Crippen LogP contribution in [-0.4, -0.2) is 40.7 Å². The quantitative estimate of drug-likeness (QED) is 0.245. The van der Waals surface area contributed by atoms with Gasteiger partial charge in [0.2, 0.25) is 0 Å². The van der Waals surface area contributed by atoms with Gasteiger partial charge in [-0.1, -0.05) is 25.1 Å². The van der Waals surface area contributed by atoms with Crippen molar-refractivity contribution >= 4 is 29.9 Å². The number of hydrogen-bond donors (Lipinski definition) is 2. The van der Waals surface area contributed by atoms with Crippen LogP contribution in [0.4, 0.5) is 0 Å². The number of methoxy groups -OCH3 is 1. The molecule has 0 spiro atoms. The molecule has 7 nitrogen and oxygen atoms in total. The number of pyridine rings is 1. The molecule has 2 N–H and O–H groups in total. The third kappa shape index (κ3) is 7.54. The standard InChI is InChI=1S/C23H30N6O.HI/c1-4-25-23(26-12-11-18(2)20-6-8-21(30-3)9-7-20)28-16-19-5-10-22(27-15-19)29-14-13-24-17-29;/h5-10,13-15,17-18H,4,11-12,16H2,1-3H3,(H2,25,26,28);1H. The predicted octanol–water partition coefficient (Wildman–Crippen LogP) is 4.14. The van der Waals surface area contributed by atoms with Crippen molar-refractivity contribution in [2.45, 2.75) is 32.7 Å². The number of aromatic nitrogens is 3. The zero-order valence-electron chi connectivity index (χ0n) is 18.3. The lowest BCUT2D eigenvalue weighted by Crippen LogP contribution is -2.38. The molecule has 166 valence electrons. The fourth-order valence-corrected chi connectivity index (χ4v) is 3.08. The first-order valence-corrected chi connectivity index (χ1v) is 10.3. The van der Waals surface area contributed by atoms with Crippen molar-refractivity contribution < 1.29 is 4.74 Å². The fourth-order valence-electron chi connectivity index (χ4n) is 3.08. The van der Waals surface area contributed by atoms with Gasteiger partial charge in [-0.05, 0) is 48.6 Å². The number of halogens is 1. The molecule has 1 atom stereocenters. The van der Waals surface area contributed by atoms with Crippen LogP contribution in [0.3, 0.4) is 0 Å². The number of benzene rings is 1. The summed E-state index contributed by atoms with van der Waals surface area (Å²) in [5.41, 5.74) is 2.37. The second-order valence-electron chi connectivity index (χ2n) is 7.08. The minimum atomic E-state index is 0. The van der Waals surface area contributed by atoms with Gasteiger partial charge in [-0.25, -0.2) is 15.0 Å². The van der Waals surface area contributed by atoms with E-state index in [-0.39, 0.29) is 24.0 Å². The first-order chi connectivity index (χ1) is 14.7. The Morgan fingerprint density at radius 3 is 2.58 bits per heavy atom. The molecule has 2 aromatic heterocycles. The maximum Gasteiger partial charge on any atom is 0.191 e. The molecule has 0 aliphatic heterocycles. The molecule has 0 radical (unpaired) electrons. The first-order valence-electron chi connectivity index (χ1n) is 10.3. The van der Waals surface area contributed by atoms with E-state index >= 15 is 0 Å². The topological polar surface area (TPSA) is 76.4 Å². The molecule has 0 aliphatic carbocycles. The Labute approximate surface area is 201 Å². The number of ether oxygens (including phenoxy) is 1. The van der Waals surface area contributed by atoms with Gasteiger partial charge >= 0.3 is 0 Å². The van der Waals surface area contributed by atoms with Crippen LogP contribution in [0.15, 0.2) is 66.3 Å². The van der Waals surface area contributed by atoms with Crippen molar-refractivity contribution in [3.8, 4) is 11.6 Å². The lowest BCUT2D eigenvalue weighted by molar-refractivity contribution is 0.414. The van der Waals surface area contributed by atoms with Crippen molar-refractivity contribution in [1.29, 1.82) is 0 Å². The Morgan fingerprint density at radius 1 is 1.16 bits per heavy atom. The Morgan fingerprint density at radius 2 is 1.97 bits per heavy atom. The molecule has 2 heterocycles. The number of nitrogens with zero attached hydrogens (tertiary/aromatic N) is 4. The summed E-state index contributed by atoms with van der Waals surface area (Å²) in [6.07, 6.45) is 8.22. The van der Waals surface area contributed by atoms with Gasteiger partial charge in [-0.3, -0.25) is 4.57 Å². The predicted molar refractivity (Wildman–Crippen MR) is 136 cm³/mol. The molecular formula is C23H31IN6O. The second-order valence-corrected chi connectivity index (χ2v) is 7.08. The van der Waals surface area contributed by atoms with Crippen LogP contribution >= 0.6 is 24.0 Å². The smallest absolute Gasteiger partial charge is 0.191 e. The van der Waals surface area contributed by atoms with E-state index in [1.165, 1.54) is 5.56 Å². The monoisotopic (exact) mass is 534 g/mol. The Balaban J connectivity index is 0.00000341. The molecular weight excluding hydrogens is 503 g/mol. The lowest BCUT2D eigenvalue weighted by Gasteiger charge is -2.15. The molecule has 0 amide bonds. The maximum absolute atomic E-state index is 5.23. The number of nitrogens with one attached hydrogen (secondary N) is 2. The van der Waals surface area contributed by atoms with Crippen LogP contribution < -0.4 is 15.4 Å². The van der Waals surface area contributed by atoms with Gasteiger partial charge in [0.1, 0.15) is 17.9 Å². The number of guanidine groups is 1. The summed E-state index contributed by atoms with van der Waals surface area (Å²) in [4.78, 5) is 13.2. The van der Waals surface area contributed by atoms with Crippen molar-refractivity contribution in [2.24, 2.45) is 4.99 Å². The summed E-state index contributed by atoms with van der Waals surface area (Å²) in [6, 6.07) is 12.3. The molecule has 8 heteroatoms.